The van der Waals surface area contributed by atoms with Crippen LogP contribution >= 0.6 is 11.8 Å². The molecule has 2 aromatic rings. The minimum Gasteiger partial charge on any atom is -0.378 e. The zero-order chi connectivity index (χ0) is 13.8. The Morgan fingerprint density at radius 2 is 1.40 bits per heavy atom. The van der Waals surface area contributed by atoms with Gasteiger partial charge in [0.2, 0.25) is 0 Å². The Morgan fingerprint density at radius 1 is 0.850 bits per heavy atom. The second-order valence-corrected chi connectivity index (χ2v) is 6.16. The lowest BCUT2D eigenvalue weighted by Crippen LogP contribution is -2.36. The molecule has 2 aromatic carbocycles. The Morgan fingerprint density at radius 3 is 2.00 bits per heavy atom. The number of rotatable bonds is 3. The van der Waals surface area contributed by atoms with E-state index < -0.39 is 0 Å². The Kier molecular flexibility index (Phi) is 4.28. The molecule has 0 aromatic heterocycles. The van der Waals surface area contributed by atoms with Crippen LogP contribution in [0.4, 0.5) is 5.69 Å². The highest BCUT2D eigenvalue weighted by atomic mass is 32.2. The van der Waals surface area contributed by atoms with Gasteiger partial charge < -0.3 is 9.64 Å². The lowest BCUT2D eigenvalue weighted by molar-refractivity contribution is 0.122. The summed E-state index contributed by atoms with van der Waals surface area (Å²) >= 11 is 1.81. The molecule has 0 unspecified atom stereocenters. The molecule has 0 aliphatic carbocycles. The van der Waals surface area contributed by atoms with Gasteiger partial charge >= 0.3 is 0 Å². The van der Waals surface area contributed by atoms with Crippen molar-refractivity contribution in [1.82, 2.24) is 0 Å². The van der Waals surface area contributed by atoms with Gasteiger partial charge in [0.25, 0.3) is 0 Å². The van der Waals surface area contributed by atoms with Gasteiger partial charge in [0.05, 0.1) is 13.2 Å². The normalized spacial score (nSPS) is 15.3. The van der Waals surface area contributed by atoms with Gasteiger partial charge in [-0.1, -0.05) is 29.5 Å². The summed E-state index contributed by atoms with van der Waals surface area (Å²) in [6.07, 6.45) is 0. The largest absolute Gasteiger partial charge is 0.378 e. The van der Waals surface area contributed by atoms with Crippen molar-refractivity contribution in [1.29, 1.82) is 0 Å². The number of hydrogen-bond acceptors (Lipinski definition) is 3. The predicted octanol–water partition coefficient (Wildman–Crippen LogP) is 3.98. The van der Waals surface area contributed by atoms with Gasteiger partial charge in [0.15, 0.2) is 0 Å². The Hall–Kier alpha value is -1.45. The Bertz CT molecular complexity index is 544. The van der Waals surface area contributed by atoms with Crippen molar-refractivity contribution in [2.45, 2.75) is 16.7 Å². The van der Waals surface area contributed by atoms with Crippen molar-refractivity contribution in [3.63, 3.8) is 0 Å². The molecular formula is C17H19NOS. The second-order valence-electron chi connectivity index (χ2n) is 5.01. The summed E-state index contributed by atoms with van der Waals surface area (Å²) < 4.78 is 5.39. The van der Waals surface area contributed by atoms with Crippen LogP contribution in [0.5, 0.6) is 0 Å². The smallest absolute Gasteiger partial charge is 0.0642 e. The topological polar surface area (TPSA) is 12.5 Å². The summed E-state index contributed by atoms with van der Waals surface area (Å²) in [5.74, 6) is 0. The molecule has 0 saturated carbocycles. The van der Waals surface area contributed by atoms with E-state index in [1.54, 1.807) is 0 Å². The molecule has 20 heavy (non-hydrogen) atoms. The van der Waals surface area contributed by atoms with Crippen LogP contribution in [0.2, 0.25) is 0 Å². The highest BCUT2D eigenvalue weighted by Crippen LogP contribution is 2.29. The molecule has 1 heterocycles. The van der Waals surface area contributed by atoms with Gasteiger partial charge in [-0.15, -0.1) is 0 Å². The number of nitrogens with zero attached hydrogens (tertiary/aromatic N) is 1. The summed E-state index contributed by atoms with van der Waals surface area (Å²) in [5.41, 5.74) is 2.60. The van der Waals surface area contributed by atoms with Crippen molar-refractivity contribution >= 4 is 17.4 Å². The zero-order valence-electron chi connectivity index (χ0n) is 11.7. The van der Waals surface area contributed by atoms with E-state index in [2.05, 4.69) is 60.4 Å². The third kappa shape index (κ3) is 3.35. The molecule has 0 N–H and O–H groups in total. The van der Waals surface area contributed by atoms with Crippen LogP contribution in [0.3, 0.4) is 0 Å². The monoisotopic (exact) mass is 285 g/mol. The van der Waals surface area contributed by atoms with Gasteiger partial charge in [-0.25, -0.2) is 0 Å². The average Bonchev–Trinajstić information content (AvgIpc) is 2.51. The fourth-order valence-corrected chi connectivity index (χ4v) is 3.11. The first-order valence-electron chi connectivity index (χ1n) is 6.98. The number of hydrogen-bond donors (Lipinski definition) is 0. The summed E-state index contributed by atoms with van der Waals surface area (Å²) in [6.45, 7) is 5.76. The van der Waals surface area contributed by atoms with Gasteiger partial charge in [-0.3, -0.25) is 0 Å². The molecule has 1 fully saturated rings. The maximum atomic E-state index is 5.39. The van der Waals surface area contributed by atoms with Crippen LogP contribution in [-0.4, -0.2) is 26.3 Å². The highest BCUT2D eigenvalue weighted by Gasteiger charge is 2.10. The van der Waals surface area contributed by atoms with E-state index in [-0.39, 0.29) is 0 Å². The summed E-state index contributed by atoms with van der Waals surface area (Å²) in [6, 6.07) is 17.5. The molecule has 0 bridgehead atoms. The van der Waals surface area contributed by atoms with Crippen molar-refractivity contribution in [3.05, 3.63) is 54.1 Å². The molecule has 0 radical (unpaired) electrons. The zero-order valence-corrected chi connectivity index (χ0v) is 12.5. The molecule has 1 aliphatic rings. The average molecular weight is 285 g/mol. The summed E-state index contributed by atoms with van der Waals surface area (Å²) in [5, 5.41) is 0. The number of anilines is 1. The van der Waals surface area contributed by atoms with E-state index >= 15 is 0 Å². The van der Waals surface area contributed by atoms with E-state index in [0.717, 1.165) is 26.3 Å². The van der Waals surface area contributed by atoms with Gasteiger partial charge in [-0.2, -0.15) is 0 Å². The number of morpholine rings is 1. The number of benzene rings is 2. The lowest BCUT2D eigenvalue weighted by atomic mass is 10.2. The fourth-order valence-electron chi connectivity index (χ4n) is 2.29. The van der Waals surface area contributed by atoms with Gasteiger partial charge in [0.1, 0.15) is 0 Å². The van der Waals surface area contributed by atoms with Gasteiger partial charge in [-0.05, 0) is 43.3 Å². The van der Waals surface area contributed by atoms with Crippen molar-refractivity contribution in [2.24, 2.45) is 0 Å². The molecule has 1 saturated heterocycles. The maximum absolute atomic E-state index is 5.39. The van der Waals surface area contributed by atoms with Crippen molar-refractivity contribution < 1.29 is 4.74 Å². The highest BCUT2D eigenvalue weighted by molar-refractivity contribution is 7.99. The summed E-state index contributed by atoms with van der Waals surface area (Å²) in [7, 11) is 0. The molecule has 104 valence electrons. The quantitative estimate of drug-likeness (QED) is 0.846. The third-order valence-corrected chi connectivity index (χ3v) is 4.49. The number of aryl methyl sites for hydroxylation is 1. The molecule has 2 nitrogen and oxygen atoms in total. The number of ether oxygens (including phenoxy) is 1. The first-order valence-corrected chi connectivity index (χ1v) is 7.80. The van der Waals surface area contributed by atoms with Crippen LogP contribution in [0.1, 0.15) is 5.56 Å². The molecule has 0 spiro atoms. The predicted molar refractivity (Wildman–Crippen MR) is 84.8 cm³/mol. The van der Waals surface area contributed by atoms with Gasteiger partial charge in [0, 0.05) is 28.6 Å². The van der Waals surface area contributed by atoms with E-state index in [1.807, 2.05) is 11.8 Å². The van der Waals surface area contributed by atoms with E-state index in [9.17, 15) is 0 Å². The third-order valence-electron chi connectivity index (χ3n) is 3.47. The molecule has 3 rings (SSSR count). The maximum Gasteiger partial charge on any atom is 0.0642 e. The van der Waals surface area contributed by atoms with Crippen LogP contribution in [0, 0.1) is 6.92 Å². The van der Waals surface area contributed by atoms with Crippen LogP contribution in [0.25, 0.3) is 0 Å². The van der Waals surface area contributed by atoms with E-state index in [0.29, 0.717) is 0 Å². The minimum atomic E-state index is 0.833. The molecular weight excluding hydrogens is 266 g/mol. The fraction of sp³-hybridized carbons (Fsp3) is 0.294. The molecule has 1 aliphatic heterocycles. The Labute approximate surface area is 124 Å². The minimum absolute atomic E-state index is 0.833. The van der Waals surface area contributed by atoms with Crippen LogP contribution < -0.4 is 4.90 Å². The molecule has 3 heteroatoms. The SMILES string of the molecule is Cc1ccc(Sc2ccc(N3CCOCC3)cc2)cc1. The first kappa shape index (κ1) is 13.5. The lowest BCUT2D eigenvalue weighted by Gasteiger charge is -2.28. The van der Waals surface area contributed by atoms with Crippen LogP contribution in [0.15, 0.2) is 58.3 Å². The first-order chi connectivity index (χ1) is 9.81. The molecule has 0 amide bonds. The van der Waals surface area contributed by atoms with Crippen LogP contribution in [-0.2, 0) is 4.74 Å². The van der Waals surface area contributed by atoms with E-state index in [4.69, 9.17) is 4.74 Å². The second kappa shape index (κ2) is 6.33. The molecule has 0 atom stereocenters. The summed E-state index contributed by atoms with van der Waals surface area (Å²) in [4.78, 5) is 4.95. The Balaban J connectivity index is 1.67. The standard InChI is InChI=1S/C17H19NOS/c1-14-2-6-16(7-3-14)20-17-8-4-15(5-9-17)18-10-12-19-13-11-18/h2-9H,10-13H2,1H3. The van der Waals surface area contributed by atoms with E-state index in [1.165, 1.54) is 21.0 Å². The van der Waals surface area contributed by atoms with Crippen molar-refractivity contribution in [2.75, 3.05) is 31.2 Å². The van der Waals surface area contributed by atoms with Crippen molar-refractivity contribution in [3.8, 4) is 0 Å².